The first-order chi connectivity index (χ1) is 14.7. The number of rotatable bonds is 9. The third-order valence-electron chi connectivity index (χ3n) is 5.25. The van der Waals surface area contributed by atoms with Gasteiger partial charge in [0.1, 0.15) is 19.1 Å². The number of esters is 2. The highest BCUT2D eigenvalue weighted by molar-refractivity contribution is 6.02. The molecule has 1 aromatic carbocycles. The van der Waals surface area contributed by atoms with E-state index in [1.54, 1.807) is 18.2 Å². The van der Waals surface area contributed by atoms with Gasteiger partial charge in [0.15, 0.2) is 17.3 Å². The molecule has 0 amide bonds. The third-order valence-corrected chi connectivity index (χ3v) is 5.25. The van der Waals surface area contributed by atoms with Crippen molar-refractivity contribution in [2.24, 2.45) is 11.8 Å². The lowest BCUT2D eigenvalue weighted by atomic mass is 9.61. The summed E-state index contributed by atoms with van der Waals surface area (Å²) in [4.78, 5) is 38.7. The Labute approximate surface area is 181 Å². The van der Waals surface area contributed by atoms with Crippen LogP contribution in [0.15, 0.2) is 43.5 Å². The second-order valence-electron chi connectivity index (χ2n) is 7.43. The third kappa shape index (κ3) is 5.14. The van der Waals surface area contributed by atoms with E-state index in [1.165, 1.54) is 33.3 Å². The van der Waals surface area contributed by atoms with Crippen molar-refractivity contribution in [3.8, 4) is 11.5 Å². The molecule has 0 bridgehead atoms. The van der Waals surface area contributed by atoms with Crippen LogP contribution in [0, 0.1) is 11.8 Å². The van der Waals surface area contributed by atoms with Crippen LogP contribution < -0.4 is 9.47 Å². The van der Waals surface area contributed by atoms with Crippen molar-refractivity contribution in [3.05, 3.63) is 49.1 Å². The van der Waals surface area contributed by atoms with Crippen molar-refractivity contribution in [3.63, 3.8) is 0 Å². The van der Waals surface area contributed by atoms with E-state index >= 15 is 0 Å². The number of methoxy groups -OCH3 is 2. The average Bonchev–Trinajstić information content (AvgIpc) is 2.74. The summed E-state index contributed by atoms with van der Waals surface area (Å²) >= 11 is 0. The number of hydrogen-bond donors (Lipinski definition) is 1. The molecular weight excluding hydrogens is 404 g/mol. The van der Waals surface area contributed by atoms with Crippen LogP contribution >= 0.6 is 0 Å². The van der Waals surface area contributed by atoms with E-state index in [0.717, 1.165) is 0 Å². The fourth-order valence-corrected chi connectivity index (χ4v) is 3.94. The maximum atomic E-state index is 13.0. The zero-order chi connectivity index (χ0) is 23.2. The van der Waals surface area contributed by atoms with Gasteiger partial charge in [0.2, 0.25) is 0 Å². The number of ketones is 1. The Morgan fingerprint density at radius 1 is 1.10 bits per heavy atom. The Morgan fingerprint density at radius 3 is 2.23 bits per heavy atom. The molecule has 2 rings (SSSR count). The van der Waals surface area contributed by atoms with E-state index in [0.29, 0.717) is 17.1 Å². The molecule has 8 heteroatoms. The Hall–Kier alpha value is -3.13. The van der Waals surface area contributed by atoms with Gasteiger partial charge in [0.05, 0.1) is 25.7 Å². The van der Waals surface area contributed by atoms with Crippen LogP contribution in [0.2, 0.25) is 0 Å². The smallest absolute Gasteiger partial charge is 0.317 e. The van der Waals surface area contributed by atoms with Crippen LogP contribution in [0.3, 0.4) is 0 Å². The van der Waals surface area contributed by atoms with E-state index in [1.807, 2.05) is 0 Å². The van der Waals surface area contributed by atoms with Gasteiger partial charge < -0.3 is 24.1 Å². The largest absolute Gasteiger partial charge is 0.493 e. The van der Waals surface area contributed by atoms with Crippen molar-refractivity contribution in [1.29, 1.82) is 0 Å². The summed E-state index contributed by atoms with van der Waals surface area (Å²) in [6.07, 6.45) is 2.36. The standard InChI is InChI=1S/C23H28O8/c1-6-10-30-21(25)19-15(24)13-23(3,27)20(22(26)31-11-7-2)18(19)14-8-9-16(28-4)17(12-14)29-5/h6-9,12,18-20,27H,1-2,10-11,13H2,3-5H3/t18-,19+,20-,23-/m0/s1. The molecule has 1 saturated carbocycles. The molecule has 0 aromatic heterocycles. The predicted octanol–water partition coefficient (Wildman–Crippen LogP) is 2.20. The van der Waals surface area contributed by atoms with Gasteiger partial charge in [-0.05, 0) is 24.6 Å². The summed E-state index contributed by atoms with van der Waals surface area (Å²) in [5.41, 5.74) is -1.32. The number of benzene rings is 1. The molecule has 1 aliphatic rings. The summed E-state index contributed by atoms with van der Waals surface area (Å²) in [5.74, 6) is -4.91. The van der Waals surface area contributed by atoms with Crippen LogP contribution in [0.25, 0.3) is 0 Å². The zero-order valence-corrected chi connectivity index (χ0v) is 18.0. The van der Waals surface area contributed by atoms with E-state index in [4.69, 9.17) is 18.9 Å². The van der Waals surface area contributed by atoms with Crippen molar-refractivity contribution in [2.45, 2.75) is 24.9 Å². The van der Waals surface area contributed by atoms with Gasteiger partial charge >= 0.3 is 11.9 Å². The Kier molecular flexibility index (Phi) is 7.99. The summed E-state index contributed by atoms with van der Waals surface area (Å²) in [6.45, 7) is 8.22. The van der Waals surface area contributed by atoms with E-state index in [-0.39, 0.29) is 13.2 Å². The van der Waals surface area contributed by atoms with Crippen LogP contribution in [0.5, 0.6) is 11.5 Å². The molecule has 31 heavy (non-hydrogen) atoms. The lowest BCUT2D eigenvalue weighted by molar-refractivity contribution is -0.172. The molecule has 1 N–H and O–H groups in total. The number of carbonyl (C=O) groups is 3. The fraction of sp³-hybridized carbons (Fsp3) is 0.435. The van der Waals surface area contributed by atoms with Crippen molar-refractivity contribution < 1.29 is 38.4 Å². The first-order valence-electron chi connectivity index (χ1n) is 9.73. The lowest BCUT2D eigenvalue weighted by Crippen LogP contribution is -2.55. The molecule has 0 unspecified atom stereocenters. The van der Waals surface area contributed by atoms with Gasteiger partial charge in [-0.2, -0.15) is 0 Å². The summed E-state index contributed by atoms with van der Waals surface area (Å²) < 4.78 is 20.9. The molecule has 4 atom stereocenters. The number of Topliss-reactive ketones (excluding diaryl/α,β-unsaturated/α-hetero) is 1. The topological polar surface area (TPSA) is 108 Å². The molecule has 8 nitrogen and oxygen atoms in total. The summed E-state index contributed by atoms with van der Waals surface area (Å²) in [5, 5.41) is 11.0. The van der Waals surface area contributed by atoms with Crippen LogP contribution in [-0.4, -0.2) is 55.9 Å². The van der Waals surface area contributed by atoms with E-state index in [2.05, 4.69) is 13.2 Å². The number of hydrogen-bond acceptors (Lipinski definition) is 8. The second-order valence-corrected chi connectivity index (χ2v) is 7.43. The molecule has 0 spiro atoms. The monoisotopic (exact) mass is 432 g/mol. The number of carbonyl (C=O) groups excluding carboxylic acids is 3. The summed E-state index contributed by atoms with van der Waals surface area (Å²) in [6, 6.07) is 4.78. The van der Waals surface area contributed by atoms with Crippen LogP contribution in [-0.2, 0) is 23.9 Å². The number of ether oxygens (including phenoxy) is 4. The number of aliphatic hydroxyl groups is 1. The van der Waals surface area contributed by atoms with Gasteiger partial charge in [-0.25, -0.2) is 0 Å². The molecule has 1 aliphatic carbocycles. The van der Waals surface area contributed by atoms with Crippen molar-refractivity contribution in [2.75, 3.05) is 27.4 Å². The zero-order valence-electron chi connectivity index (χ0n) is 18.0. The van der Waals surface area contributed by atoms with Gasteiger partial charge in [-0.1, -0.05) is 31.4 Å². The van der Waals surface area contributed by atoms with Gasteiger partial charge in [0.25, 0.3) is 0 Å². The summed E-state index contributed by atoms with van der Waals surface area (Å²) in [7, 11) is 2.91. The van der Waals surface area contributed by atoms with Crippen LogP contribution in [0.1, 0.15) is 24.8 Å². The van der Waals surface area contributed by atoms with Gasteiger partial charge in [-0.15, -0.1) is 0 Å². The predicted molar refractivity (Wildman–Crippen MR) is 112 cm³/mol. The highest BCUT2D eigenvalue weighted by Crippen LogP contribution is 2.48. The first kappa shape index (κ1) is 24.1. The maximum absolute atomic E-state index is 13.0. The normalized spacial score (nSPS) is 25.3. The minimum absolute atomic E-state index is 0.0798. The first-order valence-corrected chi connectivity index (χ1v) is 9.73. The Morgan fingerprint density at radius 2 is 1.68 bits per heavy atom. The maximum Gasteiger partial charge on any atom is 0.317 e. The van der Waals surface area contributed by atoms with Crippen molar-refractivity contribution in [1.82, 2.24) is 0 Å². The van der Waals surface area contributed by atoms with Gasteiger partial charge in [-0.3, -0.25) is 14.4 Å². The van der Waals surface area contributed by atoms with E-state index in [9.17, 15) is 19.5 Å². The molecule has 0 radical (unpaired) electrons. The van der Waals surface area contributed by atoms with Crippen molar-refractivity contribution >= 4 is 17.7 Å². The molecular formula is C23H28O8. The minimum atomic E-state index is -1.75. The highest BCUT2D eigenvalue weighted by Gasteiger charge is 2.57. The fourth-order valence-electron chi connectivity index (χ4n) is 3.94. The average molecular weight is 432 g/mol. The van der Waals surface area contributed by atoms with Gasteiger partial charge in [0, 0.05) is 12.3 Å². The van der Waals surface area contributed by atoms with Crippen LogP contribution in [0.4, 0.5) is 0 Å². The van der Waals surface area contributed by atoms with E-state index < -0.39 is 47.5 Å². The second kappa shape index (κ2) is 10.3. The SMILES string of the molecule is C=CCOC(=O)[C@@H]1C(=O)C[C@](C)(O)[C@H](C(=O)OCC=C)[C@H]1c1ccc(OC)c(OC)c1. The molecule has 1 fully saturated rings. The molecule has 168 valence electrons. The molecule has 1 aromatic rings. The quantitative estimate of drug-likeness (QED) is 0.359. The molecule has 0 aliphatic heterocycles. The highest BCUT2D eigenvalue weighted by atomic mass is 16.5. The minimum Gasteiger partial charge on any atom is -0.493 e. The lowest BCUT2D eigenvalue weighted by Gasteiger charge is -2.43. The Balaban J connectivity index is 2.65. The Bertz CT molecular complexity index is 857. The molecule has 0 heterocycles. The molecule has 0 saturated heterocycles.